The number of aliphatic hydroxyl groups excluding tert-OH is 1. The number of aliphatic hydroxyl groups is 1. The zero-order chi connectivity index (χ0) is 13.2. The number of hydrogen-bond acceptors (Lipinski definition) is 3. The van der Waals surface area contributed by atoms with Gasteiger partial charge in [0.25, 0.3) is 0 Å². The molecule has 0 spiro atoms. The summed E-state index contributed by atoms with van der Waals surface area (Å²) in [5, 5.41) is 9.20. The molecular weight excluding hydrogens is 244 g/mol. The first-order valence-electron chi connectivity index (χ1n) is 6.40. The molecule has 1 aliphatic carbocycles. The number of rotatable bonds is 2. The van der Waals surface area contributed by atoms with Crippen LogP contribution in [0.3, 0.4) is 0 Å². The fourth-order valence-corrected chi connectivity index (χ4v) is 2.62. The number of amides is 1. The van der Waals surface area contributed by atoms with E-state index in [-0.39, 0.29) is 50.2 Å². The lowest BCUT2D eigenvalue weighted by molar-refractivity contribution is -0.149. The van der Waals surface area contributed by atoms with E-state index in [4.69, 9.17) is 4.74 Å². The first-order chi connectivity index (χ1) is 8.53. The van der Waals surface area contributed by atoms with Gasteiger partial charge in [-0.25, -0.2) is 8.78 Å². The second kappa shape index (κ2) is 5.48. The second-order valence-corrected chi connectivity index (χ2v) is 5.07. The third-order valence-electron chi connectivity index (χ3n) is 3.79. The van der Waals surface area contributed by atoms with Gasteiger partial charge in [0, 0.05) is 25.3 Å². The molecule has 1 amide bonds. The largest absolute Gasteiger partial charge is 0.394 e. The topological polar surface area (TPSA) is 49.8 Å². The fourth-order valence-electron chi connectivity index (χ4n) is 2.62. The van der Waals surface area contributed by atoms with E-state index in [2.05, 4.69) is 0 Å². The minimum absolute atomic E-state index is 0.104. The number of halogens is 2. The molecule has 6 heteroatoms. The molecule has 1 saturated carbocycles. The monoisotopic (exact) mass is 263 g/mol. The van der Waals surface area contributed by atoms with Crippen LogP contribution >= 0.6 is 0 Å². The minimum Gasteiger partial charge on any atom is -0.394 e. The lowest BCUT2D eigenvalue weighted by Gasteiger charge is -2.38. The minimum atomic E-state index is -2.61. The van der Waals surface area contributed by atoms with Crippen LogP contribution in [0.2, 0.25) is 0 Å². The summed E-state index contributed by atoms with van der Waals surface area (Å²) < 4.78 is 31.3. The van der Waals surface area contributed by atoms with Crippen molar-refractivity contribution < 1.29 is 23.4 Å². The average molecular weight is 263 g/mol. The van der Waals surface area contributed by atoms with Crippen LogP contribution in [-0.2, 0) is 9.53 Å². The van der Waals surface area contributed by atoms with E-state index in [1.807, 2.05) is 0 Å². The zero-order valence-electron chi connectivity index (χ0n) is 10.3. The summed E-state index contributed by atoms with van der Waals surface area (Å²) in [4.78, 5) is 13.8. The summed E-state index contributed by atoms with van der Waals surface area (Å²) in [6, 6.07) is -0.325. The Morgan fingerprint density at radius 1 is 1.39 bits per heavy atom. The predicted molar refractivity (Wildman–Crippen MR) is 60.3 cm³/mol. The summed E-state index contributed by atoms with van der Waals surface area (Å²) in [6.07, 6.45) is 0.0533. The van der Waals surface area contributed by atoms with Crippen LogP contribution < -0.4 is 0 Å². The summed E-state index contributed by atoms with van der Waals surface area (Å²) in [5.74, 6) is -3.04. The molecule has 104 valence electrons. The number of morpholine rings is 1. The first kappa shape index (κ1) is 13.7. The van der Waals surface area contributed by atoms with Crippen LogP contribution in [-0.4, -0.2) is 54.2 Å². The lowest BCUT2D eigenvalue weighted by atomic mass is 9.85. The van der Waals surface area contributed by atoms with Crippen molar-refractivity contribution in [1.82, 2.24) is 4.90 Å². The van der Waals surface area contributed by atoms with Crippen molar-refractivity contribution in [3.05, 3.63) is 0 Å². The van der Waals surface area contributed by atoms with Crippen molar-refractivity contribution in [1.29, 1.82) is 0 Å². The van der Waals surface area contributed by atoms with Gasteiger partial charge >= 0.3 is 0 Å². The maximum absolute atomic E-state index is 13.0. The molecule has 1 atom stereocenters. The molecule has 0 aromatic heterocycles. The number of carbonyl (C=O) groups is 1. The molecular formula is C12H19F2NO3. The predicted octanol–water partition coefficient (Wildman–Crippen LogP) is 1.03. The van der Waals surface area contributed by atoms with Gasteiger partial charge in [0.2, 0.25) is 11.8 Å². The number of nitrogens with zero attached hydrogens (tertiary/aromatic N) is 1. The lowest BCUT2D eigenvalue weighted by Crippen LogP contribution is -2.53. The standard InChI is InChI=1S/C12H19F2NO3/c13-12(14)3-1-9(2-4-12)11(17)15-5-6-18-8-10(15)7-16/h9-10,16H,1-8H2. The molecule has 1 unspecified atom stereocenters. The molecule has 0 aromatic carbocycles. The number of ether oxygens (including phenoxy) is 1. The van der Waals surface area contributed by atoms with E-state index < -0.39 is 5.92 Å². The summed E-state index contributed by atoms with van der Waals surface area (Å²) in [5.41, 5.74) is 0. The third-order valence-corrected chi connectivity index (χ3v) is 3.79. The fraction of sp³-hybridized carbons (Fsp3) is 0.917. The zero-order valence-corrected chi connectivity index (χ0v) is 10.3. The molecule has 1 aliphatic heterocycles. The van der Waals surface area contributed by atoms with Gasteiger partial charge in [0.15, 0.2) is 0 Å². The van der Waals surface area contributed by atoms with E-state index >= 15 is 0 Å². The van der Waals surface area contributed by atoms with Crippen LogP contribution in [0, 0.1) is 5.92 Å². The first-order valence-corrected chi connectivity index (χ1v) is 6.40. The Hall–Kier alpha value is -0.750. The Balaban J connectivity index is 1.94. The maximum Gasteiger partial charge on any atom is 0.248 e. The molecule has 4 nitrogen and oxygen atoms in total. The average Bonchev–Trinajstić information content (AvgIpc) is 2.38. The van der Waals surface area contributed by atoms with Crippen LogP contribution in [0.25, 0.3) is 0 Å². The maximum atomic E-state index is 13.0. The molecule has 2 fully saturated rings. The molecule has 0 aromatic rings. The van der Waals surface area contributed by atoms with Gasteiger partial charge in [-0.3, -0.25) is 4.79 Å². The van der Waals surface area contributed by atoms with Crippen molar-refractivity contribution in [2.75, 3.05) is 26.4 Å². The Morgan fingerprint density at radius 3 is 2.67 bits per heavy atom. The van der Waals surface area contributed by atoms with Crippen molar-refractivity contribution in [3.8, 4) is 0 Å². The number of hydrogen-bond donors (Lipinski definition) is 1. The van der Waals surface area contributed by atoms with Crippen molar-refractivity contribution in [2.45, 2.75) is 37.6 Å². The van der Waals surface area contributed by atoms with E-state index in [0.29, 0.717) is 19.8 Å². The normalized spacial score (nSPS) is 29.3. The Labute approximate surface area is 105 Å². The SMILES string of the molecule is O=C(C1CCC(F)(F)CC1)N1CCOCC1CO. The van der Waals surface area contributed by atoms with E-state index in [1.165, 1.54) is 0 Å². The summed E-state index contributed by atoms with van der Waals surface area (Å²) >= 11 is 0. The van der Waals surface area contributed by atoms with Crippen molar-refractivity contribution in [2.24, 2.45) is 5.92 Å². The highest BCUT2D eigenvalue weighted by molar-refractivity contribution is 5.79. The van der Waals surface area contributed by atoms with Gasteiger partial charge in [-0.05, 0) is 12.8 Å². The third kappa shape index (κ3) is 2.98. The molecule has 0 radical (unpaired) electrons. The summed E-state index contributed by atoms with van der Waals surface area (Å²) in [7, 11) is 0. The van der Waals surface area contributed by atoms with Gasteiger partial charge in [0.1, 0.15) is 0 Å². The van der Waals surface area contributed by atoms with Gasteiger partial charge in [0.05, 0.1) is 25.9 Å². The van der Waals surface area contributed by atoms with Gasteiger partial charge in [-0.2, -0.15) is 0 Å². The molecule has 1 saturated heterocycles. The molecule has 1 heterocycles. The molecule has 2 aliphatic rings. The quantitative estimate of drug-likeness (QED) is 0.809. The molecule has 1 N–H and O–H groups in total. The molecule has 0 bridgehead atoms. The molecule has 2 rings (SSSR count). The van der Waals surface area contributed by atoms with Crippen molar-refractivity contribution in [3.63, 3.8) is 0 Å². The molecule has 18 heavy (non-hydrogen) atoms. The highest BCUT2D eigenvalue weighted by Crippen LogP contribution is 2.37. The van der Waals surface area contributed by atoms with Crippen LogP contribution in [0.15, 0.2) is 0 Å². The number of carbonyl (C=O) groups excluding carboxylic acids is 1. The van der Waals surface area contributed by atoms with E-state index in [1.54, 1.807) is 4.90 Å². The smallest absolute Gasteiger partial charge is 0.248 e. The van der Waals surface area contributed by atoms with E-state index in [0.717, 1.165) is 0 Å². The highest BCUT2D eigenvalue weighted by atomic mass is 19.3. The Bertz CT molecular complexity index is 302. The van der Waals surface area contributed by atoms with Gasteiger partial charge in [-0.15, -0.1) is 0 Å². The van der Waals surface area contributed by atoms with Crippen LogP contribution in [0.1, 0.15) is 25.7 Å². The van der Waals surface area contributed by atoms with Crippen LogP contribution in [0.4, 0.5) is 8.78 Å². The van der Waals surface area contributed by atoms with Gasteiger partial charge in [-0.1, -0.05) is 0 Å². The van der Waals surface area contributed by atoms with Gasteiger partial charge < -0.3 is 14.7 Å². The summed E-state index contributed by atoms with van der Waals surface area (Å²) in [6.45, 7) is 1.07. The highest BCUT2D eigenvalue weighted by Gasteiger charge is 2.40. The Morgan fingerprint density at radius 2 is 2.06 bits per heavy atom. The Kier molecular flexibility index (Phi) is 4.17. The number of alkyl halides is 2. The van der Waals surface area contributed by atoms with E-state index in [9.17, 15) is 18.7 Å². The second-order valence-electron chi connectivity index (χ2n) is 5.07. The van der Waals surface area contributed by atoms with Crippen molar-refractivity contribution >= 4 is 5.91 Å². The van der Waals surface area contributed by atoms with Crippen LogP contribution in [0.5, 0.6) is 0 Å².